The van der Waals surface area contributed by atoms with Gasteiger partial charge in [0.05, 0.1) is 0 Å². The summed E-state index contributed by atoms with van der Waals surface area (Å²) in [5.74, 6) is 0.720. The summed E-state index contributed by atoms with van der Waals surface area (Å²) in [4.78, 5) is 13.8. The van der Waals surface area contributed by atoms with Gasteiger partial charge in [0, 0.05) is 25.6 Å². The van der Waals surface area contributed by atoms with E-state index in [-0.39, 0.29) is 11.9 Å². The number of fused-ring (bicyclic) bond motifs is 1. The molecule has 2 atom stereocenters. The highest BCUT2D eigenvalue weighted by molar-refractivity contribution is 5.76. The maximum atomic E-state index is 11.9. The molecule has 0 fully saturated rings. The Morgan fingerprint density at radius 2 is 2.10 bits per heavy atom. The Balaban J connectivity index is 2.20. The third kappa shape index (κ3) is 3.04. The molecule has 1 aromatic rings. The third-order valence-corrected chi connectivity index (χ3v) is 4.54. The first kappa shape index (κ1) is 15.0. The van der Waals surface area contributed by atoms with Crippen molar-refractivity contribution in [2.75, 3.05) is 6.54 Å². The Morgan fingerprint density at radius 3 is 2.75 bits per heavy atom. The minimum absolute atomic E-state index is 0.0857. The Kier molecular flexibility index (Phi) is 4.81. The van der Waals surface area contributed by atoms with Crippen LogP contribution >= 0.6 is 0 Å². The van der Waals surface area contributed by atoms with Gasteiger partial charge in [0.2, 0.25) is 5.91 Å². The fourth-order valence-electron chi connectivity index (χ4n) is 2.80. The fraction of sp³-hybridized carbons (Fsp3) is 0.588. The van der Waals surface area contributed by atoms with Gasteiger partial charge in [-0.3, -0.25) is 4.79 Å². The van der Waals surface area contributed by atoms with Crippen LogP contribution in [0.25, 0.3) is 0 Å². The first-order valence-corrected chi connectivity index (χ1v) is 7.71. The molecule has 0 bridgehead atoms. The van der Waals surface area contributed by atoms with E-state index in [0.29, 0.717) is 12.3 Å². The molecule has 1 aliphatic heterocycles. The standard InChI is InChI=1S/C17H26N2O/c1-4-12(3)17(18)14-7-6-13-8-9-19(16(20)5-2)11-15(13)10-14/h6-7,10,12,17H,4-5,8-9,11,18H2,1-3H3. The van der Waals surface area contributed by atoms with Gasteiger partial charge in [0.15, 0.2) is 0 Å². The van der Waals surface area contributed by atoms with Crippen LogP contribution in [0.2, 0.25) is 0 Å². The monoisotopic (exact) mass is 274 g/mol. The highest BCUT2D eigenvalue weighted by Crippen LogP contribution is 2.27. The van der Waals surface area contributed by atoms with Crippen molar-refractivity contribution in [3.05, 3.63) is 34.9 Å². The lowest BCUT2D eigenvalue weighted by molar-refractivity contribution is -0.131. The third-order valence-electron chi connectivity index (χ3n) is 4.54. The molecule has 110 valence electrons. The molecular formula is C17H26N2O. The van der Waals surface area contributed by atoms with E-state index >= 15 is 0 Å². The number of nitrogens with two attached hydrogens (primary N) is 1. The summed E-state index contributed by atoms with van der Waals surface area (Å²) in [6, 6.07) is 6.65. The van der Waals surface area contributed by atoms with Gasteiger partial charge in [-0.2, -0.15) is 0 Å². The average Bonchev–Trinajstić information content (AvgIpc) is 2.51. The first-order valence-electron chi connectivity index (χ1n) is 7.71. The van der Waals surface area contributed by atoms with Crippen LogP contribution in [0, 0.1) is 5.92 Å². The van der Waals surface area contributed by atoms with Gasteiger partial charge in [-0.25, -0.2) is 0 Å². The number of benzene rings is 1. The van der Waals surface area contributed by atoms with Gasteiger partial charge < -0.3 is 10.6 Å². The second-order valence-electron chi connectivity index (χ2n) is 5.86. The Hall–Kier alpha value is -1.35. The van der Waals surface area contributed by atoms with Crippen molar-refractivity contribution in [1.29, 1.82) is 0 Å². The van der Waals surface area contributed by atoms with Gasteiger partial charge >= 0.3 is 0 Å². The fourth-order valence-corrected chi connectivity index (χ4v) is 2.80. The molecule has 1 heterocycles. The van der Waals surface area contributed by atoms with Crippen molar-refractivity contribution in [2.24, 2.45) is 11.7 Å². The van der Waals surface area contributed by atoms with E-state index in [2.05, 4.69) is 32.0 Å². The van der Waals surface area contributed by atoms with Crippen molar-refractivity contribution in [3.8, 4) is 0 Å². The van der Waals surface area contributed by atoms with Crippen molar-refractivity contribution in [1.82, 2.24) is 4.90 Å². The average molecular weight is 274 g/mol. The minimum Gasteiger partial charge on any atom is -0.338 e. The molecule has 0 saturated heterocycles. The van der Waals surface area contributed by atoms with Gasteiger partial charge in [0.1, 0.15) is 0 Å². The zero-order valence-electron chi connectivity index (χ0n) is 12.9. The van der Waals surface area contributed by atoms with E-state index in [1.165, 1.54) is 16.7 Å². The van der Waals surface area contributed by atoms with Crippen LogP contribution in [-0.2, 0) is 17.8 Å². The van der Waals surface area contributed by atoms with Crippen molar-refractivity contribution < 1.29 is 4.79 Å². The Labute approximate surface area is 122 Å². The lowest BCUT2D eigenvalue weighted by Gasteiger charge is -2.30. The molecule has 1 aromatic carbocycles. The van der Waals surface area contributed by atoms with Gasteiger partial charge in [0.25, 0.3) is 0 Å². The highest BCUT2D eigenvalue weighted by atomic mass is 16.2. The molecule has 0 radical (unpaired) electrons. The van der Waals surface area contributed by atoms with Gasteiger partial charge in [-0.1, -0.05) is 45.4 Å². The molecular weight excluding hydrogens is 248 g/mol. The van der Waals surface area contributed by atoms with Crippen molar-refractivity contribution in [3.63, 3.8) is 0 Å². The van der Waals surface area contributed by atoms with Gasteiger partial charge in [-0.15, -0.1) is 0 Å². The summed E-state index contributed by atoms with van der Waals surface area (Å²) < 4.78 is 0. The van der Waals surface area contributed by atoms with E-state index in [0.717, 1.165) is 25.9 Å². The zero-order valence-corrected chi connectivity index (χ0v) is 12.9. The predicted octanol–water partition coefficient (Wildman–Crippen LogP) is 3.03. The summed E-state index contributed by atoms with van der Waals surface area (Å²) in [5, 5.41) is 0. The second-order valence-corrected chi connectivity index (χ2v) is 5.86. The maximum absolute atomic E-state index is 11.9. The Morgan fingerprint density at radius 1 is 1.35 bits per heavy atom. The van der Waals surface area contributed by atoms with Crippen LogP contribution in [0.3, 0.4) is 0 Å². The molecule has 3 heteroatoms. The second kappa shape index (κ2) is 6.40. The summed E-state index contributed by atoms with van der Waals surface area (Å²) in [5.41, 5.74) is 10.2. The summed E-state index contributed by atoms with van der Waals surface area (Å²) in [7, 11) is 0. The number of amides is 1. The van der Waals surface area contributed by atoms with Crippen LogP contribution in [0.4, 0.5) is 0 Å². The molecule has 2 N–H and O–H groups in total. The predicted molar refractivity (Wildman–Crippen MR) is 82.2 cm³/mol. The van der Waals surface area contributed by atoms with E-state index in [9.17, 15) is 4.79 Å². The molecule has 2 rings (SSSR count). The number of nitrogens with zero attached hydrogens (tertiary/aromatic N) is 1. The number of hydrogen-bond donors (Lipinski definition) is 1. The molecule has 1 amide bonds. The van der Waals surface area contributed by atoms with Crippen LogP contribution in [0.5, 0.6) is 0 Å². The van der Waals surface area contributed by atoms with Crippen molar-refractivity contribution in [2.45, 2.75) is 52.6 Å². The lowest BCUT2D eigenvalue weighted by Crippen LogP contribution is -2.35. The highest BCUT2D eigenvalue weighted by Gasteiger charge is 2.21. The molecule has 20 heavy (non-hydrogen) atoms. The first-order chi connectivity index (χ1) is 9.56. The van der Waals surface area contributed by atoms with Crippen LogP contribution in [0.1, 0.15) is 56.3 Å². The number of rotatable bonds is 4. The molecule has 0 aromatic heterocycles. The molecule has 3 nitrogen and oxygen atoms in total. The molecule has 2 unspecified atom stereocenters. The van der Waals surface area contributed by atoms with E-state index in [1.807, 2.05) is 11.8 Å². The van der Waals surface area contributed by atoms with Crippen LogP contribution in [0.15, 0.2) is 18.2 Å². The number of carbonyl (C=O) groups is 1. The SMILES string of the molecule is CCC(=O)N1CCc2ccc(C(N)C(C)CC)cc2C1. The maximum Gasteiger partial charge on any atom is 0.222 e. The lowest BCUT2D eigenvalue weighted by atomic mass is 9.89. The van der Waals surface area contributed by atoms with Crippen molar-refractivity contribution >= 4 is 5.91 Å². The normalized spacial score (nSPS) is 17.5. The van der Waals surface area contributed by atoms with Gasteiger partial charge in [-0.05, 0) is 29.0 Å². The molecule has 0 spiro atoms. The zero-order chi connectivity index (χ0) is 14.7. The molecule has 0 saturated carbocycles. The smallest absolute Gasteiger partial charge is 0.222 e. The van der Waals surface area contributed by atoms with E-state index < -0.39 is 0 Å². The molecule has 1 aliphatic rings. The van der Waals surface area contributed by atoms with E-state index in [1.54, 1.807) is 0 Å². The summed E-state index contributed by atoms with van der Waals surface area (Å²) in [6.45, 7) is 7.87. The van der Waals surface area contributed by atoms with Crippen LogP contribution < -0.4 is 5.73 Å². The number of hydrogen-bond acceptors (Lipinski definition) is 2. The van der Waals surface area contributed by atoms with E-state index in [4.69, 9.17) is 5.73 Å². The quantitative estimate of drug-likeness (QED) is 0.917. The number of carbonyl (C=O) groups excluding carboxylic acids is 1. The topological polar surface area (TPSA) is 46.3 Å². The van der Waals surface area contributed by atoms with Crippen LogP contribution in [-0.4, -0.2) is 17.4 Å². The molecule has 0 aliphatic carbocycles. The Bertz CT molecular complexity index is 484. The minimum atomic E-state index is 0.0857. The summed E-state index contributed by atoms with van der Waals surface area (Å²) in [6.07, 6.45) is 2.63. The summed E-state index contributed by atoms with van der Waals surface area (Å²) >= 11 is 0. The largest absolute Gasteiger partial charge is 0.338 e.